The molecule has 0 saturated carbocycles. The highest BCUT2D eigenvalue weighted by atomic mass is 79.9. The van der Waals surface area contributed by atoms with Crippen LogP contribution in [0.4, 0.5) is 10.5 Å². The maximum atomic E-state index is 12.8. The Morgan fingerprint density at radius 2 is 2.00 bits per heavy atom. The largest absolute Gasteiger partial charge is 0.352 e. The molecule has 1 aliphatic heterocycles. The molecular weight excluding hydrogens is 370 g/mol. The highest BCUT2D eigenvalue weighted by Crippen LogP contribution is 2.30. The topological polar surface area (TPSA) is 75.4 Å². The molecule has 0 unspecified atom stereocenters. The zero-order valence-corrected chi connectivity index (χ0v) is 14.6. The number of para-hydroxylation sites is 1. The Labute approximate surface area is 149 Å². The number of hydrogen-bond donors (Lipinski definition) is 2. The van der Waals surface area contributed by atoms with E-state index in [2.05, 4.69) is 21.2 Å². The number of amides is 3. The first-order chi connectivity index (χ1) is 11.5. The molecule has 24 heavy (non-hydrogen) atoms. The van der Waals surface area contributed by atoms with Gasteiger partial charge in [-0.05, 0) is 35.7 Å². The van der Waals surface area contributed by atoms with Crippen molar-refractivity contribution in [3.63, 3.8) is 0 Å². The average Bonchev–Trinajstić information content (AvgIpc) is 2.98. The predicted molar refractivity (Wildman–Crippen MR) is 96.7 cm³/mol. The van der Waals surface area contributed by atoms with Crippen LogP contribution in [0.3, 0.4) is 0 Å². The van der Waals surface area contributed by atoms with Crippen molar-refractivity contribution in [1.29, 1.82) is 0 Å². The van der Waals surface area contributed by atoms with Crippen LogP contribution in [0.2, 0.25) is 0 Å². The number of carbonyl (C=O) groups is 2. The Bertz CT molecular complexity index is 778. The third-order valence-corrected chi connectivity index (χ3v) is 4.63. The zero-order valence-electron chi connectivity index (χ0n) is 13.0. The minimum atomic E-state index is -0.644. The summed E-state index contributed by atoms with van der Waals surface area (Å²) in [6, 6.07) is 14.3. The van der Waals surface area contributed by atoms with Crippen molar-refractivity contribution >= 4 is 33.6 Å². The van der Waals surface area contributed by atoms with Crippen LogP contribution < -0.4 is 16.0 Å². The van der Waals surface area contributed by atoms with Crippen molar-refractivity contribution in [2.24, 2.45) is 5.73 Å². The van der Waals surface area contributed by atoms with Gasteiger partial charge in [0.1, 0.15) is 0 Å². The van der Waals surface area contributed by atoms with Gasteiger partial charge in [0.25, 0.3) is 0 Å². The Hall–Kier alpha value is -2.34. The first-order valence-electron chi connectivity index (χ1n) is 7.74. The number of nitrogens with zero attached hydrogens (tertiary/aromatic N) is 1. The first kappa shape index (κ1) is 16.5. The smallest absolute Gasteiger partial charge is 0.312 e. The lowest BCUT2D eigenvalue weighted by Crippen LogP contribution is -2.38. The molecule has 3 rings (SSSR count). The summed E-state index contributed by atoms with van der Waals surface area (Å²) in [5.41, 5.74) is 8.25. The number of fused-ring (bicyclic) bond motifs is 1. The van der Waals surface area contributed by atoms with Gasteiger partial charge in [-0.25, -0.2) is 4.79 Å². The fraction of sp³-hybridized carbons (Fsp3) is 0.222. The van der Waals surface area contributed by atoms with E-state index in [1.54, 1.807) is 4.90 Å². The molecule has 1 aliphatic rings. The van der Waals surface area contributed by atoms with E-state index in [4.69, 9.17) is 5.73 Å². The first-order valence-corrected chi connectivity index (χ1v) is 8.53. The maximum absolute atomic E-state index is 12.8. The SMILES string of the molecule is NC(=O)N[C@H](CC(=O)N1CCc2ccccc21)c1cccc(Br)c1. The number of carbonyl (C=O) groups excluding carboxylic acids is 2. The lowest BCUT2D eigenvalue weighted by Gasteiger charge is -2.22. The summed E-state index contributed by atoms with van der Waals surface area (Å²) >= 11 is 3.41. The molecule has 3 N–H and O–H groups in total. The summed E-state index contributed by atoms with van der Waals surface area (Å²) in [6.07, 6.45) is 1.01. The van der Waals surface area contributed by atoms with Gasteiger partial charge in [-0.15, -0.1) is 0 Å². The number of halogens is 1. The van der Waals surface area contributed by atoms with E-state index in [0.717, 1.165) is 22.1 Å². The molecule has 2 aromatic rings. The van der Waals surface area contributed by atoms with Crippen molar-refractivity contribution in [3.8, 4) is 0 Å². The fourth-order valence-electron chi connectivity index (χ4n) is 3.03. The average molecular weight is 388 g/mol. The molecule has 124 valence electrons. The van der Waals surface area contributed by atoms with Gasteiger partial charge in [0.05, 0.1) is 12.5 Å². The Morgan fingerprint density at radius 1 is 1.21 bits per heavy atom. The number of urea groups is 1. The highest BCUT2D eigenvalue weighted by Gasteiger charge is 2.27. The molecule has 0 spiro atoms. The number of rotatable bonds is 4. The van der Waals surface area contributed by atoms with E-state index in [1.807, 2.05) is 48.5 Å². The van der Waals surface area contributed by atoms with Crippen molar-refractivity contribution < 1.29 is 9.59 Å². The second-order valence-corrected chi connectivity index (χ2v) is 6.66. The van der Waals surface area contributed by atoms with Crippen LogP contribution in [0.5, 0.6) is 0 Å². The fourth-order valence-corrected chi connectivity index (χ4v) is 3.45. The third kappa shape index (κ3) is 3.59. The van der Waals surface area contributed by atoms with E-state index in [0.29, 0.717) is 6.54 Å². The summed E-state index contributed by atoms with van der Waals surface area (Å²) in [4.78, 5) is 25.9. The van der Waals surface area contributed by atoms with Gasteiger partial charge in [0.2, 0.25) is 5.91 Å². The van der Waals surface area contributed by atoms with E-state index in [9.17, 15) is 9.59 Å². The standard InChI is InChI=1S/C18H18BrN3O2/c19-14-6-3-5-13(10-14)15(21-18(20)24)11-17(23)22-9-8-12-4-1-2-7-16(12)22/h1-7,10,15H,8-9,11H2,(H3,20,21,24)/t15-/m1/s1. The summed E-state index contributed by atoms with van der Waals surface area (Å²) in [6.45, 7) is 0.667. The quantitative estimate of drug-likeness (QED) is 0.845. The molecule has 0 bridgehead atoms. The van der Waals surface area contributed by atoms with Crippen LogP contribution in [0.25, 0.3) is 0 Å². The molecule has 5 nitrogen and oxygen atoms in total. The van der Waals surface area contributed by atoms with Crippen molar-refractivity contribution in [3.05, 3.63) is 64.1 Å². The number of benzene rings is 2. The minimum Gasteiger partial charge on any atom is -0.352 e. The molecule has 0 radical (unpaired) electrons. The molecule has 0 saturated heterocycles. The highest BCUT2D eigenvalue weighted by molar-refractivity contribution is 9.10. The van der Waals surface area contributed by atoms with Gasteiger partial charge < -0.3 is 16.0 Å². The molecule has 3 amide bonds. The normalized spacial score (nSPS) is 14.1. The van der Waals surface area contributed by atoms with Crippen LogP contribution in [-0.2, 0) is 11.2 Å². The lowest BCUT2D eigenvalue weighted by molar-refractivity contribution is -0.119. The van der Waals surface area contributed by atoms with E-state index in [1.165, 1.54) is 5.56 Å². The minimum absolute atomic E-state index is 0.0290. The van der Waals surface area contributed by atoms with E-state index >= 15 is 0 Å². The van der Waals surface area contributed by atoms with Gasteiger partial charge in [-0.2, -0.15) is 0 Å². The van der Waals surface area contributed by atoms with Gasteiger partial charge in [0, 0.05) is 16.7 Å². The second kappa shape index (κ2) is 7.05. The second-order valence-electron chi connectivity index (χ2n) is 5.74. The number of anilines is 1. The van der Waals surface area contributed by atoms with Gasteiger partial charge in [-0.1, -0.05) is 46.3 Å². The van der Waals surface area contributed by atoms with Crippen molar-refractivity contribution in [1.82, 2.24) is 5.32 Å². The number of nitrogens with two attached hydrogens (primary N) is 1. The molecule has 1 heterocycles. The van der Waals surface area contributed by atoms with Crippen molar-refractivity contribution in [2.75, 3.05) is 11.4 Å². The molecule has 0 fully saturated rings. The summed E-state index contributed by atoms with van der Waals surface area (Å²) in [5.74, 6) is -0.0290. The third-order valence-electron chi connectivity index (χ3n) is 4.13. The molecule has 2 aromatic carbocycles. The Morgan fingerprint density at radius 3 is 2.75 bits per heavy atom. The van der Waals surface area contributed by atoms with Gasteiger partial charge in [0.15, 0.2) is 0 Å². The molecule has 6 heteroatoms. The van der Waals surface area contributed by atoms with Crippen LogP contribution in [0.15, 0.2) is 53.0 Å². The monoisotopic (exact) mass is 387 g/mol. The molecule has 0 aliphatic carbocycles. The molecule has 1 atom stereocenters. The lowest BCUT2D eigenvalue weighted by atomic mass is 10.0. The number of nitrogens with one attached hydrogen (secondary N) is 1. The van der Waals surface area contributed by atoms with Gasteiger partial charge in [-0.3, -0.25) is 4.79 Å². The maximum Gasteiger partial charge on any atom is 0.312 e. The summed E-state index contributed by atoms with van der Waals surface area (Å²) in [7, 11) is 0. The summed E-state index contributed by atoms with van der Waals surface area (Å²) in [5, 5.41) is 2.67. The molecular formula is C18H18BrN3O2. The van der Waals surface area contributed by atoms with Crippen LogP contribution >= 0.6 is 15.9 Å². The Kier molecular flexibility index (Phi) is 4.85. The van der Waals surface area contributed by atoms with Crippen molar-refractivity contribution in [2.45, 2.75) is 18.9 Å². The van der Waals surface area contributed by atoms with Crippen LogP contribution in [-0.4, -0.2) is 18.5 Å². The molecule has 0 aromatic heterocycles. The van der Waals surface area contributed by atoms with Crippen LogP contribution in [0.1, 0.15) is 23.6 Å². The summed E-state index contributed by atoms with van der Waals surface area (Å²) < 4.78 is 0.884. The van der Waals surface area contributed by atoms with E-state index < -0.39 is 12.1 Å². The van der Waals surface area contributed by atoms with Gasteiger partial charge >= 0.3 is 6.03 Å². The number of hydrogen-bond acceptors (Lipinski definition) is 2. The number of primary amides is 1. The predicted octanol–water partition coefficient (Wildman–Crippen LogP) is 3.14. The Balaban J connectivity index is 1.80. The van der Waals surface area contributed by atoms with Crippen LogP contribution in [0, 0.1) is 0 Å². The zero-order chi connectivity index (χ0) is 17.1. The van der Waals surface area contributed by atoms with E-state index in [-0.39, 0.29) is 12.3 Å².